The van der Waals surface area contributed by atoms with E-state index in [1.807, 2.05) is 13.0 Å². The maximum Gasteiger partial charge on any atom is 0.123 e. The zero-order valence-electron chi connectivity index (χ0n) is 8.31. The molecule has 0 amide bonds. The number of hydrogen-bond donors (Lipinski definition) is 2. The molecule has 2 N–H and O–H groups in total. The predicted molar refractivity (Wildman–Crippen MR) is 54.8 cm³/mol. The third-order valence-corrected chi connectivity index (χ3v) is 2.66. The number of hydrogen-bond acceptors (Lipinski definition) is 2. The van der Waals surface area contributed by atoms with E-state index >= 15 is 0 Å². The molecule has 1 atom stereocenters. The monoisotopic (exact) mass is 194 g/mol. The molecular weight excluding hydrogens is 179 g/mol. The molecule has 0 spiro atoms. The molecule has 1 aromatic rings. The molecule has 0 aliphatic carbocycles. The Morgan fingerprint density at radius 3 is 2.93 bits per heavy atom. The Hall–Kier alpha value is -0.930. The summed E-state index contributed by atoms with van der Waals surface area (Å²) in [7, 11) is 0. The van der Waals surface area contributed by atoms with Gasteiger partial charge in [0, 0.05) is 25.7 Å². The predicted octanol–water partition coefficient (Wildman–Crippen LogP) is 1.37. The van der Waals surface area contributed by atoms with E-state index in [4.69, 9.17) is 0 Å². The van der Waals surface area contributed by atoms with Gasteiger partial charge in [0.05, 0.1) is 0 Å². The summed E-state index contributed by atoms with van der Waals surface area (Å²) in [6, 6.07) is 5.22. The van der Waals surface area contributed by atoms with Crippen LogP contribution in [0.15, 0.2) is 18.2 Å². The van der Waals surface area contributed by atoms with Crippen LogP contribution in [-0.2, 0) is 0 Å². The zero-order valence-corrected chi connectivity index (χ0v) is 8.31. The molecule has 14 heavy (non-hydrogen) atoms. The van der Waals surface area contributed by atoms with Gasteiger partial charge in [-0.1, -0.05) is 6.07 Å². The largest absolute Gasteiger partial charge is 0.314 e. The van der Waals surface area contributed by atoms with Gasteiger partial charge in [0.15, 0.2) is 0 Å². The van der Waals surface area contributed by atoms with E-state index in [9.17, 15) is 4.39 Å². The van der Waals surface area contributed by atoms with Crippen molar-refractivity contribution in [3.63, 3.8) is 0 Å². The minimum atomic E-state index is -0.155. The van der Waals surface area contributed by atoms with Crippen molar-refractivity contribution in [2.45, 2.75) is 13.0 Å². The van der Waals surface area contributed by atoms with Crippen molar-refractivity contribution < 1.29 is 4.39 Å². The summed E-state index contributed by atoms with van der Waals surface area (Å²) in [6.45, 7) is 4.83. The quantitative estimate of drug-likeness (QED) is 0.705. The van der Waals surface area contributed by atoms with E-state index in [1.165, 1.54) is 6.07 Å². The van der Waals surface area contributed by atoms with Crippen LogP contribution < -0.4 is 10.6 Å². The summed E-state index contributed by atoms with van der Waals surface area (Å²) < 4.78 is 13.1. The minimum absolute atomic E-state index is 0.155. The third-order valence-electron chi connectivity index (χ3n) is 2.66. The Kier molecular flexibility index (Phi) is 2.79. The molecule has 76 valence electrons. The molecule has 1 aromatic carbocycles. The molecule has 1 aliphatic heterocycles. The highest BCUT2D eigenvalue weighted by Gasteiger charge is 2.16. The van der Waals surface area contributed by atoms with Crippen molar-refractivity contribution in [1.82, 2.24) is 10.6 Å². The van der Waals surface area contributed by atoms with Crippen molar-refractivity contribution in [2.24, 2.45) is 0 Å². The maximum absolute atomic E-state index is 13.1. The highest BCUT2D eigenvalue weighted by atomic mass is 19.1. The minimum Gasteiger partial charge on any atom is -0.314 e. The normalized spacial score (nSPS) is 22.3. The Morgan fingerprint density at radius 2 is 2.21 bits per heavy atom. The van der Waals surface area contributed by atoms with Gasteiger partial charge in [0.2, 0.25) is 0 Å². The van der Waals surface area contributed by atoms with Gasteiger partial charge < -0.3 is 10.6 Å². The van der Waals surface area contributed by atoms with E-state index in [0.717, 1.165) is 30.8 Å². The van der Waals surface area contributed by atoms with Crippen LogP contribution in [0.2, 0.25) is 0 Å². The Labute approximate surface area is 83.5 Å². The fraction of sp³-hybridized carbons (Fsp3) is 0.455. The Balaban J connectivity index is 2.24. The second-order valence-electron chi connectivity index (χ2n) is 3.71. The van der Waals surface area contributed by atoms with Crippen LogP contribution >= 0.6 is 0 Å². The summed E-state index contributed by atoms with van der Waals surface area (Å²) in [5, 5.41) is 6.67. The van der Waals surface area contributed by atoms with E-state index < -0.39 is 0 Å². The van der Waals surface area contributed by atoms with E-state index in [1.54, 1.807) is 6.07 Å². The summed E-state index contributed by atoms with van der Waals surface area (Å²) in [4.78, 5) is 0. The van der Waals surface area contributed by atoms with Gasteiger partial charge in [-0.25, -0.2) is 4.39 Å². The van der Waals surface area contributed by atoms with Crippen molar-refractivity contribution in [2.75, 3.05) is 19.6 Å². The van der Waals surface area contributed by atoms with Gasteiger partial charge in [-0.2, -0.15) is 0 Å². The molecule has 0 radical (unpaired) electrons. The number of aryl methyl sites for hydroxylation is 1. The lowest BCUT2D eigenvalue weighted by molar-refractivity contribution is 0.427. The lowest BCUT2D eigenvalue weighted by Gasteiger charge is -2.26. The SMILES string of the molecule is Cc1ccc(F)cc1[C@@H]1CNCCN1. The van der Waals surface area contributed by atoms with Crippen LogP contribution in [0, 0.1) is 12.7 Å². The lowest BCUT2D eigenvalue weighted by Crippen LogP contribution is -2.42. The third kappa shape index (κ3) is 1.94. The highest BCUT2D eigenvalue weighted by molar-refractivity contribution is 5.30. The molecule has 0 saturated carbocycles. The first-order valence-corrected chi connectivity index (χ1v) is 4.97. The maximum atomic E-state index is 13.1. The van der Waals surface area contributed by atoms with Crippen LogP contribution in [0.3, 0.4) is 0 Å². The molecule has 1 aliphatic rings. The van der Waals surface area contributed by atoms with Crippen LogP contribution in [0.1, 0.15) is 17.2 Å². The van der Waals surface area contributed by atoms with E-state index in [-0.39, 0.29) is 11.9 Å². The molecule has 1 fully saturated rings. The Bertz CT molecular complexity index is 319. The standard InChI is InChI=1S/C11H15FN2/c1-8-2-3-9(12)6-10(8)11-7-13-4-5-14-11/h2-3,6,11,13-14H,4-5,7H2,1H3/t11-/m0/s1. The van der Waals surface area contributed by atoms with Gasteiger partial charge in [-0.05, 0) is 30.2 Å². The second kappa shape index (κ2) is 4.07. The highest BCUT2D eigenvalue weighted by Crippen LogP contribution is 2.19. The summed E-state index contributed by atoms with van der Waals surface area (Å²) >= 11 is 0. The topological polar surface area (TPSA) is 24.1 Å². The summed E-state index contributed by atoms with van der Waals surface area (Å²) in [6.07, 6.45) is 0. The fourth-order valence-corrected chi connectivity index (χ4v) is 1.86. The number of nitrogens with one attached hydrogen (secondary N) is 2. The van der Waals surface area contributed by atoms with E-state index in [2.05, 4.69) is 10.6 Å². The van der Waals surface area contributed by atoms with Crippen molar-refractivity contribution in [3.05, 3.63) is 35.1 Å². The van der Waals surface area contributed by atoms with Gasteiger partial charge in [-0.3, -0.25) is 0 Å². The molecule has 1 saturated heterocycles. The molecule has 3 heteroatoms. The van der Waals surface area contributed by atoms with Gasteiger partial charge in [0.1, 0.15) is 5.82 Å². The Morgan fingerprint density at radius 1 is 1.36 bits per heavy atom. The van der Waals surface area contributed by atoms with Crippen LogP contribution in [0.25, 0.3) is 0 Å². The van der Waals surface area contributed by atoms with Crippen molar-refractivity contribution >= 4 is 0 Å². The van der Waals surface area contributed by atoms with E-state index in [0.29, 0.717) is 0 Å². The number of piperazine rings is 1. The summed E-state index contributed by atoms with van der Waals surface area (Å²) in [5.41, 5.74) is 2.21. The first-order valence-electron chi connectivity index (χ1n) is 4.97. The smallest absolute Gasteiger partial charge is 0.123 e. The van der Waals surface area contributed by atoms with Crippen LogP contribution in [0.4, 0.5) is 4.39 Å². The molecule has 0 aromatic heterocycles. The molecule has 0 bridgehead atoms. The van der Waals surface area contributed by atoms with Crippen molar-refractivity contribution in [3.8, 4) is 0 Å². The average Bonchev–Trinajstić information content (AvgIpc) is 2.23. The molecule has 2 nitrogen and oxygen atoms in total. The molecule has 1 heterocycles. The number of benzene rings is 1. The number of halogens is 1. The average molecular weight is 194 g/mol. The lowest BCUT2D eigenvalue weighted by atomic mass is 10.00. The van der Waals surface area contributed by atoms with Gasteiger partial charge in [0.25, 0.3) is 0 Å². The zero-order chi connectivity index (χ0) is 9.97. The molecule has 2 rings (SSSR count). The first kappa shape index (κ1) is 9.62. The van der Waals surface area contributed by atoms with Gasteiger partial charge >= 0.3 is 0 Å². The fourth-order valence-electron chi connectivity index (χ4n) is 1.86. The first-order chi connectivity index (χ1) is 6.77. The van der Waals surface area contributed by atoms with Crippen molar-refractivity contribution in [1.29, 1.82) is 0 Å². The summed E-state index contributed by atoms with van der Waals surface area (Å²) in [5.74, 6) is -0.155. The van der Waals surface area contributed by atoms with Crippen LogP contribution in [-0.4, -0.2) is 19.6 Å². The molecule has 0 unspecified atom stereocenters. The van der Waals surface area contributed by atoms with Crippen LogP contribution in [0.5, 0.6) is 0 Å². The number of rotatable bonds is 1. The van der Waals surface area contributed by atoms with Gasteiger partial charge in [-0.15, -0.1) is 0 Å². The second-order valence-corrected chi connectivity index (χ2v) is 3.71. The molecular formula is C11H15FN2.